The number of aliphatic carboxylic acids is 1. The molecule has 0 bridgehead atoms. The van der Waals surface area contributed by atoms with Gasteiger partial charge in [0.15, 0.2) is 0 Å². The fraction of sp³-hybridized carbons (Fsp3) is 0.368. The fourth-order valence-corrected chi connectivity index (χ4v) is 3.85. The molecule has 1 aromatic rings. The highest BCUT2D eigenvalue weighted by atomic mass is 32.2. The summed E-state index contributed by atoms with van der Waals surface area (Å²) in [5.41, 5.74) is 0.899. The van der Waals surface area contributed by atoms with Crippen LogP contribution in [-0.2, 0) is 14.4 Å². The molecule has 0 aliphatic carbocycles. The first-order chi connectivity index (χ1) is 12.9. The Morgan fingerprint density at radius 2 is 2.04 bits per heavy atom. The Kier molecular flexibility index (Phi) is 7.99. The van der Waals surface area contributed by atoms with Gasteiger partial charge in [0.2, 0.25) is 5.91 Å². The molecule has 27 heavy (non-hydrogen) atoms. The number of rotatable bonds is 9. The molecule has 0 saturated carbocycles. The van der Waals surface area contributed by atoms with E-state index >= 15 is 0 Å². The average molecular weight is 407 g/mol. The van der Waals surface area contributed by atoms with Gasteiger partial charge in [0.25, 0.3) is 5.91 Å². The van der Waals surface area contributed by atoms with Gasteiger partial charge >= 0.3 is 5.97 Å². The number of hydrogen-bond donors (Lipinski definition) is 2. The first-order valence-corrected chi connectivity index (χ1v) is 9.97. The third-order valence-electron chi connectivity index (χ3n) is 4.01. The van der Waals surface area contributed by atoms with Gasteiger partial charge in [-0.2, -0.15) is 0 Å². The van der Waals surface area contributed by atoms with E-state index in [0.717, 1.165) is 18.4 Å². The Hall–Kier alpha value is -2.19. The van der Waals surface area contributed by atoms with Gasteiger partial charge in [0, 0.05) is 13.0 Å². The lowest BCUT2D eigenvalue weighted by Crippen LogP contribution is -2.42. The van der Waals surface area contributed by atoms with Gasteiger partial charge in [-0.05, 0) is 18.1 Å². The zero-order valence-corrected chi connectivity index (χ0v) is 16.6. The monoisotopic (exact) mass is 406 g/mol. The van der Waals surface area contributed by atoms with E-state index in [-0.39, 0.29) is 18.9 Å². The Bertz CT molecular complexity index is 749. The Morgan fingerprint density at radius 1 is 1.33 bits per heavy atom. The Labute approximate surface area is 168 Å². The summed E-state index contributed by atoms with van der Waals surface area (Å²) in [4.78, 5) is 37.7. The van der Waals surface area contributed by atoms with E-state index in [1.54, 1.807) is 6.08 Å². The van der Waals surface area contributed by atoms with Crippen molar-refractivity contribution in [1.82, 2.24) is 10.2 Å². The smallest absolute Gasteiger partial charge is 0.326 e. The molecule has 1 aliphatic heterocycles. The molecule has 1 atom stereocenters. The summed E-state index contributed by atoms with van der Waals surface area (Å²) in [5.74, 6) is -1.68. The third kappa shape index (κ3) is 6.18. The molecule has 1 aliphatic rings. The largest absolute Gasteiger partial charge is 0.480 e. The summed E-state index contributed by atoms with van der Waals surface area (Å²) >= 11 is 6.45. The van der Waals surface area contributed by atoms with Crippen LogP contribution in [0.2, 0.25) is 0 Å². The van der Waals surface area contributed by atoms with Crippen LogP contribution in [0.1, 0.15) is 38.2 Å². The number of carboxylic acid groups (broad SMARTS) is 1. The number of carbonyl (C=O) groups is 3. The van der Waals surface area contributed by atoms with E-state index < -0.39 is 17.9 Å². The summed E-state index contributed by atoms with van der Waals surface area (Å²) in [7, 11) is 0. The van der Waals surface area contributed by atoms with E-state index in [0.29, 0.717) is 15.6 Å². The number of thiocarbonyl (C=S) groups is 1. The van der Waals surface area contributed by atoms with Crippen molar-refractivity contribution in [1.29, 1.82) is 0 Å². The SMILES string of the molecule is CCCCC(NC(=O)CCN1C(=O)/C(=C\c2ccccc2)SC1=S)C(=O)O. The number of hydrogen-bond acceptors (Lipinski definition) is 5. The maximum Gasteiger partial charge on any atom is 0.326 e. The van der Waals surface area contributed by atoms with Gasteiger partial charge in [-0.15, -0.1) is 0 Å². The molecule has 1 heterocycles. The fourth-order valence-electron chi connectivity index (χ4n) is 2.54. The molecule has 144 valence electrons. The molecule has 0 spiro atoms. The molecule has 0 radical (unpaired) electrons. The number of carboxylic acids is 1. The van der Waals surface area contributed by atoms with Crippen molar-refractivity contribution in [3.63, 3.8) is 0 Å². The molecule has 1 saturated heterocycles. The highest BCUT2D eigenvalue weighted by molar-refractivity contribution is 8.26. The van der Waals surface area contributed by atoms with Crippen LogP contribution >= 0.6 is 24.0 Å². The molecule has 6 nitrogen and oxygen atoms in total. The standard InChI is InChI=1S/C19H22N2O4S2/c1-2-3-9-14(18(24)25)20-16(22)10-11-21-17(23)15(27-19(21)26)12-13-7-5-4-6-8-13/h4-8,12,14H,2-3,9-11H2,1H3,(H,20,22)(H,24,25)/b15-12+. The average Bonchev–Trinajstić information content (AvgIpc) is 2.90. The number of unbranched alkanes of at least 4 members (excludes halogenated alkanes) is 1. The van der Waals surface area contributed by atoms with Crippen molar-refractivity contribution in [2.75, 3.05) is 6.54 Å². The highest BCUT2D eigenvalue weighted by Crippen LogP contribution is 2.32. The number of thioether (sulfide) groups is 1. The maximum absolute atomic E-state index is 12.5. The van der Waals surface area contributed by atoms with E-state index in [2.05, 4.69) is 5.32 Å². The molecular formula is C19H22N2O4S2. The topological polar surface area (TPSA) is 86.7 Å². The number of nitrogens with zero attached hydrogens (tertiary/aromatic N) is 1. The molecule has 2 rings (SSSR count). The van der Waals surface area contributed by atoms with Crippen molar-refractivity contribution in [2.45, 2.75) is 38.6 Å². The number of benzene rings is 1. The van der Waals surface area contributed by atoms with Crippen LogP contribution in [0.25, 0.3) is 6.08 Å². The minimum Gasteiger partial charge on any atom is -0.480 e. The molecule has 2 amide bonds. The van der Waals surface area contributed by atoms with Crippen LogP contribution in [0.4, 0.5) is 0 Å². The zero-order chi connectivity index (χ0) is 19.8. The van der Waals surface area contributed by atoms with Crippen molar-refractivity contribution >= 4 is 52.2 Å². The summed E-state index contributed by atoms with van der Waals surface area (Å²) in [5, 5.41) is 11.7. The van der Waals surface area contributed by atoms with E-state index in [1.807, 2.05) is 37.3 Å². The van der Waals surface area contributed by atoms with Crippen molar-refractivity contribution < 1.29 is 19.5 Å². The van der Waals surface area contributed by atoms with Crippen molar-refractivity contribution in [3.8, 4) is 0 Å². The van der Waals surface area contributed by atoms with Gasteiger partial charge in [-0.3, -0.25) is 14.5 Å². The normalized spacial score (nSPS) is 16.6. The molecule has 8 heteroatoms. The van der Waals surface area contributed by atoms with Gasteiger partial charge < -0.3 is 10.4 Å². The summed E-state index contributed by atoms with van der Waals surface area (Å²) < 4.78 is 0.399. The number of amides is 2. The minimum atomic E-state index is -1.05. The molecule has 0 aromatic heterocycles. The van der Waals surface area contributed by atoms with Crippen molar-refractivity contribution in [3.05, 3.63) is 40.8 Å². The van der Waals surface area contributed by atoms with Crippen LogP contribution in [0.15, 0.2) is 35.2 Å². The number of carbonyl (C=O) groups excluding carboxylic acids is 2. The Balaban J connectivity index is 1.92. The van der Waals surface area contributed by atoms with E-state index in [4.69, 9.17) is 12.2 Å². The van der Waals surface area contributed by atoms with E-state index in [1.165, 1.54) is 16.7 Å². The van der Waals surface area contributed by atoms with Gasteiger partial charge in [-0.25, -0.2) is 4.79 Å². The summed E-state index contributed by atoms with van der Waals surface area (Å²) in [6.45, 7) is 2.08. The minimum absolute atomic E-state index is 0.000954. The van der Waals surface area contributed by atoms with Crippen LogP contribution in [0.5, 0.6) is 0 Å². The van der Waals surface area contributed by atoms with Gasteiger partial charge in [0.05, 0.1) is 4.91 Å². The summed E-state index contributed by atoms with van der Waals surface area (Å²) in [6, 6.07) is 8.54. The first-order valence-electron chi connectivity index (χ1n) is 8.75. The second kappa shape index (κ2) is 10.2. The molecule has 1 aromatic carbocycles. The second-order valence-corrected chi connectivity index (χ2v) is 7.77. The lowest BCUT2D eigenvalue weighted by atomic mass is 10.1. The maximum atomic E-state index is 12.5. The van der Waals surface area contributed by atoms with Crippen molar-refractivity contribution in [2.24, 2.45) is 0 Å². The Morgan fingerprint density at radius 3 is 2.67 bits per heavy atom. The quantitative estimate of drug-likeness (QED) is 0.484. The molecular weight excluding hydrogens is 384 g/mol. The summed E-state index contributed by atoms with van der Waals surface area (Å²) in [6.07, 6.45) is 3.73. The number of nitrogens with one attached hydrogen (secondary N) is 1. The lowest BCUT2D eigenvalue weighted by molar-refractivity contribution is -0.142. The predicted molar refractivity (Wildman–Crippen MR) is 110 cm³/mol. The second-order valence-electron chi connectivity index (χ2n) is 6.09. The van der Waals surface area contributed by atoms with Gasteiger partial charge in [0.1, 0.15) is 10.4 Å². The van der Waals surface area contributed by atoms with Crippen LogP contribution in [0.3, 0.4) is 0 Å². The van der Waals surface area contributed by atoms with Gasteiger partial charge in [-0.1, -0.05) is 74.1 Å². The molecule has 1 fully saturated rings. The first kappa shape index (κ1) is 21.1. The van der Waals surface area contributed by atoms with Crippen LogP contribution < -0.4 is 5.32 Å². The lowest BCUT2D eigenvalue weighted by Gasteiger charge is -2.17. The van der Waals surface area contributed by atoms with Crippen LogP contribution in [0, 0.1) is 0 Å². The van der Waals surface area contributed by atoms with Crippen LogP contribution in [-0.4, -0.2) is 44.7 Å². The molecule has 2 N–H and O–H groups in total. The zero-order valence-electron chi connectivity index (χ0n) is 15.0. The third-order valence-corrected chi connectivity index (χ3v) is 5.39. The predicted octanol–water partition coefficient (Wildman–Crippen LogP) is 3.04. The molecule has 1 unspecified atom stereocenters. The highest BCUT2D eigenvalue weighted by Gasteiger charge is 2.32. The van der Waals surface area contributed by atoms with E-state index in [9.17, 15) is 19.5 Å².